The highest BCUT2D eigenvalue weighted by atomic mass is 19.1. The predicted molar refractivity (Wildman–Crippen MR) is 70.9 cm³/mol. The van der Waals surface area contributed by atoms with Gasteiger partial charge in [0, 0.05) is 6.42 Å². The van der Waals surface area contributed by atoms with E-state index >= 15 is 0 Å². The van der Waals surface area contributed by atoms with Crippen molar-refractivity contribution in [2.45, 2.75) is 38.8 Å². The third-order valence-corrected chi connectivity index (χ3v) is 2.32. The second-order valence-corrected chi connectivity index (χ2v) is 5.37. The minimum absolute atomic E-state index is 0.0215. The highest BCUT2D eigenvalue weighted by molar-refractivity contribution is 5.80. The van der Waals surface area contributed by atoms with E-state index in [-0.39, 0.29) is 6.42 Å². The summed E-state index contributed by atoms with van der Waals surface area (Å²) in [6.07, 6.45) is -0.840. The first-order chi connectivity index (χ1) is 9.17. The Kier molecular flexibility index (Phi) is 5.07. The highest BCUT2D eigenvalue weighted by Gasteiger charge is 2.24. The Morgan fingerprint density at radius 3 is 2.55 bits per heavy atom. The zero-order valence-electron chi connectivity index (χ0n) is 11.6. The molecule has 0 saturated carbocycles. The van der Waals surface area contributed by atoms with Gasteiger partial charge in [0.2, 0.25) is 0 Å². The van der Waals surface area contributed by atoms with Crippen molar-refractivity contribution in [3.05, 3.63) is 35.6 Å². The summed E-state index contributed by atoms with van der Waals surface area (Å²) in [6.45, 7) is 5.03. The van der Waals surface area contributed by atoms with Crippen LogP contribution in [-0.2, 0) is 16.0 Å². The molecule has 0 saturated heterocycles. The number of alkyl carbamates (subject to hydrolysis) is 1. The molecule has 1 aromatic rings. The molecule has 0 aliphatic heterocycles. The van der Waals surface area contributed by atoms with Gasteiger partial charge in [0.05, 0.1) is 0 Å². The molecule has 0 spiro atoms. The number of carbonyl (C=O) groups is 2. The van der Waals surface area contributed by atoms with E-state index in [2.05, 4.69) is 5.32 Å². The summed E-state index contributed by atoms with van der Waals surface area (Å²) in [5, 5.41) is 11.3. The minimum atomic E-state index is -1.21. The van der Waals surface area contributed by atoms with Gasteiger partial charge in [-0.1, -0.05) is 12.1 Å². The van der Waals surface area contributed by atoms with Crippen LogP contribution in [0.1, 0.15) is 26.3 Å². The van der Waals surface area contributed by atoms with Crippen LogP contribution < -0.4 is 5.32 Å². The van der Waals surface area contributed by atoms with Crippen molar-refractivity contribution in [1.82, 2.24) is 5.32 Å². The second kappa shape index (κ2) is 6.36. The van der Waals surface area contributed by atoms with E-state index in [4.69, 9.17) is 9.84 Å². The number of aliphatic carboxylic acids is 1. The average molecular weight is 283 g/mol. The molecule has 1 rings (SSSR count). The molecule has 0 radical (unpaired) electrons. The van der Waals surface area contributed by atoms with Crippen molar-refractivity contribution in [1.29, 1.82) is 0 Å². The Morgan fingerprint density at radius 1 is 1.40 bits per heavy atom. The molecule has 1 aromatic carbocycles. The van der Waals surface area contributed by atoms with Crippen LogP contribution in [0.5, 0.6) is 0 Å². The number of hydrogen-bond acceptors (Lipinski definition) is 3. The molecular formula is C14H18FNO4. The van der Waals surface area contributed by atoms with Gasteiger partial charge in [-0.15, -0.1) is 0 Å². The van der Waals surface area contributed by atoms with Crippen molar-refractivity contribution in [2.75, 3.05) is 0 Å². The highest BCUT2D eigenvalue weighted by Crippen LogP contribution is 2.09. The lowest BCUT2D eigenvalue weighted by Crippen LogP contribution is -2.44. The molecule has 2 N–H and O–H groups in total. The van der Waals surface area contributed by atoms with Gasteiger partial charge in [-0.3, -0.25) is 0 Å². The number of rotatable bonds is 4. The van der Waals surface area contributed by atoms with Crippen LogP contribution in [0.4, 0.5) is 9.18 Å². The number of halogens is 1. The van der Waals surface area contributed by atoms with Crippen LogP contribution in [0.25, 0.3) is 0 Å². The van der Waals surface area contributed by atoms with E-state index in [1.165, 1.54) is 18.2 Å². The summed E-state index contributed by atoms with van der Waals surface area (Å²) in [5.41, 5.74) is -0.236. The van der Waals surface area contributed by atoms with E-state index in [9.17, 15) is 14.0 Å². The smallest absolute Gasteiger partial charge is 0.408 e. The van der Waals surface area contributed by atoms with Crippen LogP contribution >= 0.6 is 0 Å². The van der Waals surface area contributed by atoms with Gasteiger partial charge in [-0.05, 0) is 38.5 Å². The first kappa shape index (κ1) is 15.9. The third kappa shape index (κ3) is 5.69. The topological polar surface area (TPSA) is 75.6 Å². The van der Waals surface area contributed by atoms with Crippen molar-refractivity contribution in [3.8, 4) is 0 Å². The molecule has 5 nitrogen and oxygen atoms in total. The van der Waals surface area contributed by atoms with E-state index < -0.39 is 29.5 Å². The number of nitrogens with one attached hydrogen (secondary N) is 1. The Labute approximate surface area is 116 Å². The summed E-state index contributed by atoms with van der Waals surface area (Å²) in [4.78, 5) is 22.7. The fourth-order valence-electron chi connectivity index (χ4n) is 1.55. The molecule has 110 valence electrons. The fraction of sp³-hybridized carbons (Fsp3) is 0.429. The molecule has 6 heteroatoms. The summed E-state index contributed by atoms with van der Waals surface area (Å²) in [7, 11) is 0. The maximum atomic E-state index is 13.0. The van der Waals surface area contributed by atoms with E-state index in [0.29, 0.717) is 5.56 Å². The predicted octanol–water partition coefficient (Wildman–Crippen LogP) is 2.35. The van der Waals surface area contributed by atoms with Crippen LogP contribution in [0, 0.1) is 5.82 Å². The van der Waals surface area contributed by atoms with Gasteiger partial charge in [0.25, 0.3) is 0 Å². The van der Waals surface area contributed by atoms with Crippen LogP contribution in [0.3, 0.4) is 0 Å². The van der Waals surface area contributed by atoms with Crippen molar-refractivity contribution < 1.29 is 23.8 Å². The van der Waals surface area contributed by atoms with Gasteiger partial charge in [-0.25, -0.2) is 14.0 Å². The first-order valence-corrected chi connectivity index (χ1v) is 6.14. The lowest BCUT2D eigenvalue weighted by molar-refractivity contribution is -0.139. The minimum Gasteiger partial charge on any atom is -0.480 e. The Bertz CT molecular complexity index is 496. The summed E-state index contributed by atoms with van der Waals surface area (Å²) >= 11 is 0. The normalized spacial score (nSPS) is 12.6. The summed E-state index contributed by atoms with van der Waals surface area (Å²) < 4.78 is 18.0. The monoisotopic (exact) mass is 283 g/mol. The van der Waals surface area contributed by atoms with Crippen molar-refractivity contribution in [3.63, 3.8) is 0 Å². The lowest BCUT2D eigenvalue weighted by atomic mass is 10.1. The molecule has 0 aliphatic carbocycles. The van der Waals surface area contributed by atoms with E-state index in [0.717, 1.165) is 0 Å². The third-order valence-electron chi connectivity index (χ3n) is 2.32. The molecule has 20 heavy (non-hydrogen) atoms. The molecule has 0 bridgehead atoms. The van der Waals surface area contributed by atoms with Gasteiger partial charge in [0.1, 0.15) is 17.5 Å². The zero-order valence-corrected chi connectivity index (χ0v) is 11.6. The summed E-state index contributed by atoms with van der Waals surface area (Å²) in [6, 6.07) is 4.40. The standard InChI is InChI=1S/C14H18FNO4/c1-14(2,3)20-13(19)16-11(12(17)18)8-9-5-4-6-10(15)7-9/h4-7,11H,8H2,1-3H3,(H,16,19)(H,17,18)/t11-/m0/s1. The number of carbonyl (C=O) groups excluding carboxylic acids is 1. The first-order valence-electron chi connectivity index (χ1n) is 6.14. The largest absolute Gasteiger partial charge is 0.480 e. The number of amides is 1. The van der Waals surface area contributed by atoms with Gasteiger partial charge in [-0.2, -0.15) is 0 Å². The molecule has 1 amide bonds. The quantitative estimate of drug-likeness (QED) is 0.889. The molecule has 1 atom stereocenters. The SMILES string of the molecule is CC(C)(C)OC(=O)N[C@@H](Cc1cccc(F)c1)C(=O)O. The second-order valence-electron chi connectivity index (χ2n) is 5.37. The van der Waals surface area contributed by atoms with Gasteiger partial charge >= 0.3 is 12.1 Å². The van der Waals surface area contributed by atoms with Gasteiger partial charge in [0.15, 0.2) is 0 Å². The Morgan fingerprint density at radius 2 is 2.05 bits per heavy atom. The van der Waals surface area contributed by atoms with E-state index in [1.54, 1.807) is 26.8 Å². The number of carboxylic acid groups (broad SMARTS) is 1. The van der Waals surface area contributed by atoms with Crippen LogP contribution in [0.15, 0.2) is 24.3 Å². The van der Waals surface area contributed by atoms with Crippen LogP contribution in [0.2, 0.25) is 0 Å². The van der Waals surface area contributed by atoms with Crippen molar-refractivity contribution >= 4 is 12.1 Å². The zero-order chi connectivity index (χ0) is 15.3. The Balaban J connectivity index is 2.71. The fourth-order valence-corrected chi connectivity index (χ4v) is 1.55. The number of carboxylic acids is 1. The average Bonchev–Trinajstić information content (AvgIpc) is 2.25. The number of benzene rings is 1. The summed E-state index contributed by atoms with van der Waals surface area (Å²) in [5.74, 6) is -1.66. The van der Waals surface area contributed by atoms with Gasteiger partial charge < -0.3 is 15.2 Å². The molecule has 0 aromatic heterocycles. The molecule has 0 unspecified atom stereocenters. The molecule has 0 heterocycles. The van der Waals surface area contributed by atoms with E-state index in [1.807, 2.05) is 0 Å². The lowest BCUT2D eigenvalue weighted by Gasteiger charge is -2.22. The number of hydrogen-bond donors (Lipinski definition) is 2. The molecular weight excluding hydrogens is 265 g/mol. The Hall–Kier alpha value is -2.11. The molecule has 0 aliphatic rings. The molecule has 0 fully saturated rings. The maximum Gasteiger partial charge on any atom is 0.408 e. The van der Waals surface area contributed by atoms with Crippen LogP contribution in [-0.4, -0.2) is 28.8 Å². The maximum absolute atomic E-state index is 13.0. The number of ether oxygens (including phenoxy) is 1. The van der Waals surface area contributed by atoms with Crippen molar-refractivity contribution in [2.24, 2.45) is 0 Å².